The molecule has 5 nitrogen and oxygen atoms in total. The Morgan fingerprint density at radius 2 is 2.04 bits per heavy atom. The van der Waals surface area contributed by atoms with Crippen molar-refractivity contribution in [1.29, 1.82) is 0 Å². The van der Waals surface area contributed by atoms with Crippen molar-refractivity contribution in [3.63, 3.8) is 0 Å². The second-order valence-electron chi connectivity index (χ2n) is 5.77. The summed E-state index contributed by atoms with van der Waals surface area (Å²) in [5.74, 6) is -0.385. The van der Waals surface area contributed by atoms with Crippen LogP contribution in [0.15, 0.2) is 28.9 Å². The molecule has 0 radical (unpaired) electrons. The maximum Gasteiger partial charge on any atom is 0.275 e. The molecule has 0 spiro atoms. The number of nitrogens with zero attached hydrogens (tertiary/aromatic N) is 4. The quantitative estimate of drug-likeness (QED) is 0.774. The van der Waals surface area contributed by atoms with Gasteiger partial charge in [-0.2, -0.15) is 5.10 Å². The summed E-state index contributed by atoms with van der Waals surface area (Å²) < 4.78 is 16.2. The number of halogens is 3. The first-order chi connectivity index (χ1) is 11.5. The minimum absolute atomic E-state index is 0.0916. The monoisotopic (exact) mass is 414 g/mol. The van der Waals surface area contributed by atoms with Gasteiger partial charge in [0.25, 0.3) is 5.91 Å². The number of benzene rings is 1. The Bertz CT molecular complexity index is 738. The van der Waals surface area contributed by atoms with Crippen molar-refractivity contribution in [3.8, 4) is 0 Å². The zero-order valence-corrected chi connectivity index (χ0v) is 15.5. The van der Waals surface area contributed by atoms with Crippen LogP contribution in [-0.2, 0) is 13.6 Å². The molecule has 0 bridgehead atoms. The van der Waals surface area contributed by atoms with Gasteiger partial charge in [-0.25, -0.2) is 4.39 Å². The Morgan fingerprint density at radius 1 is 1.33 bits per heavy atom. The predicted molar refractivity (Wildman–Crippen MR) is 93.5 cm³/mol. The second-order valence-corrected chi connectivity index (χ2v) is 7.03. The summed E-state index contributed by atoms with van der Waals surface area (Å²) in [6.45, 7) is 2.93. The number of carbonyl (C=O) groups is 1. The molecule has 1 aromatic heterocycles. The minimum atomic E-state index is -0.293. The van der Waals surface area contributed by atoms with E-state index in [0.29, 0.717) is 53.5 Å². The van der Waals surface area contributed by atoms with Crippen molar-refractivity contribution >= 4 is 33.4 Å². The van der Waals surface area contributed by atoms with Gasteiger partial charge in [0.1, 0.15) is 5.82 Å². The Kier molecular flexibility index (Phi) is 5.22. The third kappa shape index (κ3) is 3.63. The molecule has 0 aliphatic carbocycles. The number of rotatable bonds is 3. The molecular formula is C16H17BrClFN4O. The van der Waals surface area contributed by atoms with Crippen LogP contribution in [0.1, 0.15) is 16.1 Å². The summed E-state index contributed by atoms with van der Waals surface area (Å²) in [4.78, 5) is 16.4. The van der Waals surface area contributed by atoms with Gasteiger partial charge in [-0.1, -0.05) is 17.7 Å². The van der Waals surface area contributed by atoms with E-state index in [1.54, 1.807) is 35.0 Å². The number of aromatic nitrogens is 2. The maximum atomic E-state index is 13.9. The fourth-order valence-corrected chi connectivity index (χ4v) is 3.54. The topological polar surface area (TPSA) is 41.4 Å². The lowest BCUT2D eigenvalue weighted by atomic mass is 10.1. The molecule has 1 aromatic carbocycles. The molecule has 0 N–H and O–H groups in total. The van der Waals surface area contributed by atoms with Gasteiger partial charge in [-0.05, 0) is 28.1 Å². The highest BCUT2D eigenvalue weighted by molar-refractivity contribution is 9.10. The summed E-state index contributed by atoms with van der Waals surface area (Å²) in [5, 5.41) is 4.63. The fraction of sp³-hybridized carbons (Fsp3) is 0.375. The van der Waals surface area contributed by atoms with E-state index in [4.69, 9.17) is 11.6 Å². The minimum Gasteiger partial charge on any atom is -0.335 e. The number of hydrogen-bond acceptors (Lipinski definition) is 3. The van der Waals surface area contributed by atoms with Gasteiger partial charge in [0, 0.05) is 56.6 Å². The lowest BCUT2D eigenvalue weighted by molar-refractivity contribution is 0.0619. The lowest BCUT2D eigenvalue weighted by Crippen LogP contribution is -2.48. The molecule has 1 aliphatic rings. The van der Waals surface area contributed by atoms with Crippen molar-refractivity contribution in [2.75, 3.05) is 26.2 Å². The largest absolute Gasteiger partial charge is 0.335 e. The van der Waals surface area contributed by atoms with Crippen LogP contribution in [0.5, 0.6) is 0 Å². The van der Waals surface area contributed by atoms with Crippen molar-refractivity contribution in [2.45, 2.75) is 6.54 Å². The molecule has 2 heterocycles. The van der Waals surface area contributed by atoms with Gasteiger partial charge in [0.05, 0.1) is 4.47 Å². The third-order valence-corrected chi connectivity index (χ3v) is 5.02. The predicted octanol–water partition coefficient (Wildman–Crippen LogP) is 2.93. The van der Waals surface area contributed by atoms with Crippen LogP contribution in [0.3, 0.4) is 0 Å². The summed E-state index contributed by atoms with van der Waals surface area (Å²) >= 11 is 9.44. The van der Waals surface area contributed by atoms with Gasteiger partial charge in [-0.3, -0.25) is 14.4 Å². The van der Waals surface area contributed by atoms with E-state index in [2.05, 4.69) is 25.9 Å². The molecule has 1 amide bonds. The molecule has 3 rings (SSSR count). The SMILES string of the molecule is Cn1cc(Br)c(C(=O)N2CCN(Cc3c(F)cccc3Cl)CC2)n1. The number of aryl methyl sites for hydroxylation is 1. The average molecular weight is 416 g/mol. The first kappa shape index (κ1) is 17.4. The number of amides is 1. The molecule has 0 atom stereocenters. The van der Waals surface area contributed by atoms with Crippen molar-refractivity contribution < 1.29 is 9.18 Å². The van der Waals surface area contributed by atoms with E-state index >= 15 is 0 Å². The molecule has 0 saturated carbocycles. The summed E-state index contributed by atoms with van der Waals surface area (Å²) in [6, 6.07) is 4.71. The molecule has 1 aliphatic heterocycles. The Labute approximate surface area is 153 Å². The highest BCUT2D eigenvalue weighted by Gasteiger charge is 2.26. The Balaban J connectivity index is 1.62. The van der Waals surface area contributed by atoms with Crippen LogP contribution in [-0.4, -0.2) is 51.7 Å². The Hall–Kier alpha value is -1.44. The number of hydrogen-bond donors (Lipinski definition) is 0. The zero-order chi connectivity index (χ0) is 17.3. The molecule has 24 heavy (non-hydrogen) atoms. The van der Waals surface area contributed by atoms with Crippen LogP contribution in [0.4, 0.5) is 4.39 Å². The van der Waals surface area contributed by atoms with E-state index in [1.807, 2.05) is 0 Å². The highest BCUT2D eigenvalue weighted by Crippen LogP contribution is 2.22. The van der Waals surface area contributed by atoms with Crippen LogP contribution in [0, 0.1) is 5.82 Å². The van der Waals surface area contributed by atoms with E-state index < -0.39 is 0 Å². The van der Waals surface area contributed by atoms with Crippen LogP contribution >= 0.6 is 27.5 Å². The van der Waals surface area contributed by atoms with Crippen molar-refractivity contribution in [3.05, 3.63) is 51.0 Å². The average Bonchev–Trinajstić information content (AvgIpc) is 2.89. The number of piperazine rings is 1. The summed E-state index contributed by atoms with van der Waals surface area (Å²) in [6.07, 6.45) is 1.75. The van der Waals surface area contributed by atoms with Gasteiger partial charge < -0.3 is 4.90 Å². The van der Waals surface area contributed by atoms with Crippen LogP contribution < -0.4 is 0 Å². The molecule has 128 valence electrons. The van der Waals surface area contributed by atoms with E-state index in [-0.39, 0.29) is 11.7 Å². The zero-order valence-electron chi connectivity index (χ0n) is 13.2. The van der Waals surface area contributed by atoms with Crippen molar-refractivity contribution in [1.82, 2.24) is 19.6 Å². The smallest absolute Gasteiger partial charge is 0.275 e. The first-order valence-corrected chi connectivity index (χ1v) is 8.76. The van der Waals surface area contributed by atoms with Gasteiger partial charge in [0.15, 0.2) is 5.69 Å². The Morgan fingerprint density at radius 3 is 2.62 bits per heavy atom. The molecule has 1 saturated heterocycles. The summed E-state index contributed by atoms with van der Waals surface area (Å²) in [7, 11) is 1.78. The molecule has 1 fully saturated rings. The van der Waals surface area contributed by atoms with Crippen LogP contribution in [0.2, 0.25) is 5.02 Å². The molecule has 0 unspecified atom stereocenters. The second kappa shape index (κ2) is 7.21. The first-order valence-electron chi connectivity index (χ1n) is 7.59. The molecular weight excluding hydrogens is 399 g/mol. The molecule has 2 aromatic rings. The fourth-order valence-electron chi connectivity index (χ4n) is 2.77. The highest BCUT2D eigenvalue weighted by atomic mass is 79.9. The van der Waals surface area contributed by atoms with Crippen molar-refractivity contribution in [2.24, 2.45) is 7.05 Å². The lowest BCUT2D eigenvalue weighted by Gasteiger charge is -2.34. The molecule has 8 heteroatoms. The van der Waals surface area contributed by atoms with Gasteiger partial charge in [-0.15, -0.1) is 0 Å². The van der Waals surface area contributed by atoms with Gasteiger partial charge >= 0.3 is 0 Å². The van der Waals surface area contributed by atoms with Gasteiger partial charge in [0.2, 0.25) is 0 Å². The van der Waals surface area contributed by atoms with E-state index in [1.165, 1.54) is 6.07 Å². The third-order valence-electron chi connectivity index (χ3n) is 4.09. The maximum absolute atomic E-state index is 13.9. The normalized spacial score (nSPS) is 15.8. The standard InChI is InChI=1S/C16H17BrClFN4O/c1-21-10-12(17)15(20-21)16(24)23-7-5-22(6-8-23)9-11-13(18)3-2-4-14(11)19/h2-4,10H,5-9H2,1H3. The van der Waals surface area contributed by atoms with E-state index in [0.717, 1.165) is 0 Å². The number of carbonyl (C=O) groups excluding carboxylic acids is 1. The summed E-state index contributed by atoms with van der Waals surface area (Å²) in [5.41, 5.74) is 0.925. The van der Waals surface area contributed by atoms with E-state index in [9.17, 15) is 9.18 Å². The van der Waals surface area contributed by atoms with Crippen LogP contribution in [0.25, 0.3) is 0 Å².